The Balaban J connectivity index is 1.40. The number of methoxy groups -OCH3 is 1. The van der Waals surface area contributed by atoms with Gasteiger partial charge in [0.2, 0.25) is 0 Å². The minimum atomic E-state index is -0.0880. The first-order valence-electron chi connectivity index (χ1n) is 11.2. The molecule has 2 aromatic carbocycles. The van der Waals surface area contributed by atoms with Crippen LogP contribution >= 0.6 is 0 Å². The predicted octanol–water partition coefficient (Wildman–Crippen LogP) is 3.01. The third-order valence-corrected chi connectivity index (χ3v) is 6.93. The first kappa shape index (κ1) is 20.4. The van der Waals surface area contributed by atoms with E-state index in [1.54, 1.807) is 7.11 Å². The van der Waals surface area contributed by atoms with Gasteiger partial charge < -0.3 is 19.6 Å². The Morgan fingerprint density at radius 3 is 2.74 bits per heavy atom. The molecular formula is C25H31N3O3. The average Bonchev–Trinajstić information content (AvgIpc) is 3.39. The van der Waals surface area contributed by atoms with Gasteiger partial charge in [-0.15, -0.1) is 0 Å². The normalized spacial score (nSPS) is 21.6. The van der Waals surface area contributed by atoms with E-state index in [-0.39, 0.29) is 12.1 Å². The Morgan fingerprint density at radius 1 is 1.06 bits per heavy atom. The molecule has 1 spiro atoms. The summed E-state index contributed by atoms with van der Waals surface area (Å²) < 4.78 is 11.4. The maximum absolute atomic E-state index is 9.75. The second-order valence-electron chi connectivity index (χ2n) is 8.57. The fourth-order valence-corrected chi connectivity index (χ4v) is 5.41. The molecule has 0 radical (unpaired) electrons. The number of ether oxygens (including phenoxy) is 2. The van der Waals surface area contributed by atoms with Crippen molar-refractivity contribution in [1.29, 1.82) is 0 Å². The number of nitrogens with zero attached hydrogens (tertiary/aromatic N) is 2. The van der Waals surface area contributed by atoms with Crippen LogP contribution in [0.4, 0.5) is 0 Å². The van der Waals surface area contributed by atoms with E-state index in [1.807, 2.05) is 36.4 Å². The minimum absolute atomic E-state index is 0.0880. The number of aliphatic hydroxyl groups is 1. The van der Waals surface area contributed by atoms with Gasteiger partial charge in [0.05, 0.1) is 19.3 Å². The molecule has 6 heteroatoms. The molecule has 1 saturated heterocycles. The quantitative estimate of drug-likeness (QED) is 0.614. The number of β-amino-alcohol motifs (C(OH)–C–C–N with tert-alkyl or cyclic N) is 1. The molecule has 1 aromatic heterocycles. The van der Waals surface area contributed by atoms with Crippen LogP contribution in [0.5, 0.6) is 11.5 Å². The molecule has 164 valence electrons. The predicted molar refractivity (Wildman–Crippen MR) is 122 cm³/mol. The molecule has 1 fully saturated rings. The number of hydrogen-bond donors (Lipinski definition) is 2. The molecule has 1 unspecified atom stereocenters. The van der Waals surface area contributed by atoms with E-state index in [2.05, 4.69) is 26.9 Å². The van der Waals surface area contributed by atoms with Gasteiger partial charge in [-0.2, -0.15) is 0 Å². The summed E-state index contributed by atoms with van der Waals surface area (Å²) in [4.78, 5) is 8.73. The van der Waals surface area contributed by atoms with E-state index in [4.69, 9.17) is 9.47 Å². The number of fused-ring (bicyclic) bond motifs is 4. The summed E-state index contributed by atoms with van der Waals surface area (Å²) >= 11 is 0. The molecule has 5 rings (SSSR count). The number of H-pyrrole nitrogens is 1. The van der Waals surface area contributed by atoms with Crippen LogP contribution in [0.3, 0.4) is 0 Å². The second kappa shape index (κ2) is 8.54. The van der Waals surface area contributed by atoms with Crippen LogP contribution in [-0.2, 0) is 12.0 Å². The van der Waals surface area contributed by atoms with Gasteiger partial charge in [-0.3, -0.25) is 9.80 Å². The Labute approximate surface area is 183 Å². The minimum Gasteiger partial charge on any atom is -0.497 e. The van der Waals surface area contributed by atoms with E-state index in [0.717, 1.165) is 50.5 Å². The highest BCUT2D eigenvalue weighted by molar-refractivity contribution is 5.87. The van der Waals surface area contributed by atoms with Crippen molar-refractivity contribution < 1.29 is 14.6 Å². The summed E-state index contributed by atoms with van der Waals surface area (Å²) in [6.07, 6.45) is 2.04. The molecule has 3 heterocycles. The van der Waals surface area contributed by atoms with E-state index in [0.29, 0.717) is 13.2 Å². The van der Waals surface area contributed by atoms with Crippen molar-refractivity contribution in [3.05, 3.63) is 59.8 Å². The maximum atomic E-state index is 9.75. The van der Waals surface area contributed by atoms with Gasteiger partial charge in [0.15, 0.2) is 0 Å². The highest BCUT2D eigenvalue weighted by atomic mass is 16.5. The fraction of sp³-hybridized carbons (Fsp3) is 0.440. The average molecular weight is 422 g/mol. The maximum Gasteiger partial charge on any atom is 0.119 e. The molecule has 6 nitrogen and oxygen atoms in total. The number of nitrogens with one attached hydrogen (secondary N) is 1. The van der Waals surface area contributed by atoms with E-state index < -0.39 is 0 Å². The molecule has 0 saturated carbocycles. The lowest BCUT2D eigenvalue weighted by Gasteiger charge is -2.44. The summed E-state index contributed by atoms with van der Waals surface area (Å²) in [6, 6.07) is 16.3. The Hall–Kier alpha value is -2.54. The van der Waals surface area contributed by atoms with Crippen LogP contribution in [0, 0.1) is 0 Å². The number of para-hydroxylation sites is 1. The zero-order valence-corrected chi connectivity index (χ0v) is 18.1. The van der Waals surface area contributed by atoms with Gasteiger partial charge in [-0.05, 0) is 48.7 Å². The molecular weight excluding hydrogens is 390 g/mol. The number of benzene rings is 2. The van der Waals surface area contributed by atoms with E-state index in [9.17, 15) is 5.11 Å². The molecule has 0 amide bonds. The van der Waals surface area contributed by atoms with Gasteiger partial charge in [-0.25, -0.2) is 0 Å². The lowest BCUT2D eigenvalue weighted by molar-refractivity contribution is 0.0557. The summed E-state index contributed by atoms with van der Waals surface area (Å²) in [5.74, 6) is 1.81. The highest BCUT2D eigenvalue weighted by Crippen LogP contribution is 2.44. The number of aromatic amines is 1. The molecule has 2 aliphatic rings. The molecule has 0 bridgehead atoms. The smallest absolute Gasteiger partial charge is 0.119 e. The summed E-state index contributed by atoms with van der Waals surface area (Å²) in [5.41, 5.74) is 3.81. The zero-order valence-electron chi connectivity index (χ0n) is 18.1. The van der Waals surface area contributed by atoms with Crippen molar-refractivity contribution in [3.8, 4) is 11.5 Å². The van der Waals surface area contributed by atoms with Gasteiger partial charge in [-0.1, -0.05) is 18.2 Å². The standard InChI is InChI=1S/C25H31N3O3/c1-30-20-7-8-23-22(17-20)21-9-11-28(13-15-29)25(24(21)26-23)10-12-27(18-25)14-16-31-19-5-3-2-4-6-19/h2-8,17,26,29H,9-16,18H2,1H3. The SMILES string of the molecule is COc1ccc2[nH]c3c(c2c1)CCN(CCO)C31CCN(CCOc2ccccc2)C1. The number of aromatic nitrogens is 1. The zero-order chi connectivity index (χ0) is 21.3. The van der Waals surface area contributed by atoms with Gasteiger partial charge in [0, 0.05) is 49.3 Å². The molecule has 2 N–H and O–H groups in total. The summed E-state index contributed by atoms with van der Waals surface area (Å²) in [7, 11) is 1.72. The van der Waals surface area contributed by atoms with Crippen molar-refractivity contribution in [3.63, 3.8) is 0 Å². The first-order chi connectivity index (χ1) is 15.2. The monoisotopic (exact) mass is 421 g/mol. The lowest BCUT2D eigenvalue weighted by atomic mass is 9.84. The van der Waals surface area contributed by atoms with Gasteiger partial charge >= 0.3 is 0 Å². The van der Waals surface area contributed by atoms with Crippen LogP contribution in [0.15, 0.2) is 48.5 Å². The lowest BCUT2D eigenvalue weighted by Crippen LogP contribution is -2.53. The van der Waals surface area contributed by atoms with Crippen LogP contribution in [-0.4, -0.2) is 72.9 Å². The van der Waals surface area contributed by atoms with Crippen LogP contribution in [0.1, 0.15) is 17.7 Å². The van der Waals surface area contributed by atoms with E-state index >= 15 is 0 Å². The summed E-state index contributed by atoms with van der Waals surface area (Å²) in [6.45, 7) is 5.39. The number of hydrogen-bond acceptors (Lipinski definition) is 5. The molecule has 31 heavy (non-hydrogen) atoms. The fourth-order valence-electron chi connectivity index (χ4n) is 5.41. The second-order valence-corrected chi connectivity index (χ2v) is 8.57. The van der Waals surface area contributed by atoms with Crippen molar-refractivity contribution in [1.82, 2.24) is 14.8 Å². The van der Waals surface area contributed by atoms with Crippen molar-refractivity contribution in [2.75, 3.05) is 53.0 Å². The third kappa shape index (κ3) is 3.69. The molecule has 1 atom stereocenters. The van der Waals surface area contributed by atoms with Crippen molar-refractivity contribution in [2.45, 2.75) is 18.4 Å². The molecule has 0 aliphatic carbocycles. The van der Waals surface area contributed by atoms with Crippen molar-refractivity contribution >= 4 is 10.9 Å². The van der Waals surface area contributed by atoms with Crippen molar-refractivity contribution in [2.24, 2.45) is 0 Å². The van der Waals surface area contributed by atoms with Crippen LogP contribution in [0.2, 0.25) is 0 Å². The number of likely N-dealkylation sites (tertiary alicyclic amines) is 1. The van der Waals surface area contributed by atoms with Crippen LogP contribution in [0.25, 0.3) is 10.9 Å². The summed E-state index contributed by atoms with van der Waals surface area (Å²) in [5, 5.41) is 11.0. The number of rotatable bonds is 7. The molecule has 3 aromatic rings. The Kier molecular flexibility index (Phi) is 5.61. The molecule has 2 aliphatic heterocycles. The van der Waals surface area contributed by atoms with Crippen LogP contribution < -0.4 is 9.47 Å². The highest BCUT2D eigenvalue weighted by Gasteiger charge is 2.48. The largest absolute Gasteiger partial charge is 0.497 e. The van der Waals surface area contributed by atoms with E-state index in [1.165, 1.54) is 22.2 Å². The third-order valence-electron chi connectivity index (χ3n) is 6.93. The number of aliphatic hydroxyl groups excluding tert-OH is 1. The Morgan fingerprint density at radius 2 is 1.94 bits per heavy atom. The van der Waals surface area contributed by atoms with Gasteiger partial charge in [0.25, 0.3) is 0 Å². The Bertz CT molecular complexity index is 1040. The first-order valence-corrected chi connectivity index (χ1v) is 11.2. The van der Waals surface area contributed by atoms with Gasteiger partial charge in [0.1, 0.15) is 18.1 Å². The topological polar surface area (TPSA) is 61.0 Å².